The Morgan fingerprint density at radius 2 is 1.93 bits per heavy atom. The van der Waals surface area contributed by atoms with Crippen molar-refractivity contribution in [2.24, 2.45) is 0 Å². The lowest BCUT2D eigenvalue weighted by Gasteiger charge is -2.45. The van der Waals surface area contributed by atoms with Crippen molar-refractivity contribution in [1.29, 1.82) is 0 Å². The predicted octanol–water partition coefficient (Wildman–Crippen LogP) is 6.39. The molecule has 2 heterocycles. The molecule has 1 saturated heterocycles. The predicted molar refractivity (Wildman–Crippen MR) is 174 cm³/mol. The Morgan fingerprint density at radius 3 is 2.56 bits per heavy atom. The molecule has 3 aromatic rings. The van der Waals surface area contributed by atoms with Gasteiger partial charge in [-0.05, 0) is 82.9 Å². The van der Waals surface area contributed by atoms with Crippen molar-refractivity contribution >= 4 is 56.3 Å². The van der Waals surface area contributed by atoms with Gasteiger partial charge in [-0.25, -0.2) is 22.4 Å². The van der Waals surface area contributed by atoms with Crippen LogP contribution in [0, 0.1) is 5.82 Å². The molecule has 1 aliphatic heterocycles. The first-order chi connectivity index (χ1) is 20.9. The van der Waals surface area contributed by atoms with Gasteiger partial charge in [0.25, 0.3) is 0 Å². The van der Waals surface area contributed by atoms with Crippen molar-refractivity contribution in [3.8, 4) is 16.2 Å². The summed E-state index contributed by atoms with van der Waals surface area (Å²) in [6, 6.07) is 10.8. The fraction of sp³-hybridized carbons (Fsp3) is 0.419. The van der Waals surface area contributed by atoms with Gasteiger partial charge < -0.3 is 25.6 Å². The molecule has 0 radical (unpaired) electrons. The van der Waals surface area contributed by atoms with Crippen LogP contribution in [-0.2, 0) is 25.3 Å². The molecule has 0 aliphatic carbocycles. The summed E-state index contributed by atoms with van der Waals surface area (Å²) in [5.74, 6) is -2.83. The first kappa shape index (κ1) is 34.5. The summed E-state index contributed by atoms with van der Waals surface area (Å²) < 4.78 is 54.2. The summed E-state index contributed by atoms with van der Waals surface area (Å²) in [4.78, 5) is 24.5. The molecular formula is C31H37ClFN3O7S2. The van der Waals surface area contributed by atoms with E-state index < -0.39 is 45.5 Å². The number of carboxylic acids is 1. The fourth-order valence-corrected chi connectivity index (χ4v) is 8.70. The topological polar surface area (TPSA) is 148 Å². The van der Waals surface area contributed by atoms with Crippen LogP contribution in [0.5, 0.6) is 5.75 Å². The Balaban J connectivity index is 1.57. The molecule has 0 saturated carbocycles. The summed E-state index contributed by atoms with van der Waals surface area (Å²) in [6.07, 6.45) is 0.835. The van der Waals surface area contributed by atoms with E-state index in [0.717, 1.165) is 11.3 Å². The largest absolute Gasteiger partial charge is 0.479 e. The number of carbonyl (C=O) groups is 2. The van der Waals surface area contributed by atoms with Gasteiger partial charge in [-0.15, -0.1) is 11.3 Å². The zero-order valence-electron chi connectivity index (χ0n) is 25.6. The van der Waals surface area contributed by atoms with Crippen LogP contribution in [0.2, 0.25) is 5.02 Å². The Morgan fingerprint density at radius 1 is 1.22 bits per heavy atom. The van der Waals surface area contributed by atoms with Crippen molar-refractivity contribution in [3.63, 3.8) is 0 Å². The number of nitrogen functional groups attached to an aromatic ring is 1. The van der Waals surface area contributed by atoms with E-state index in [2.05, 4.69) is 5.32 Å². The molecule has 1 fully saturated rings. The number of hydrogen-bond donors (Lipinski definition) is 3. The highest BCUT2D eigenvalue weighted by atomic mass is 35.5. The summed E-state index contributed by atoms with van der Waals surface area (Å²) >= 11 is 7.56. The van der Waals surface area contributed by atoms with E-state index in [9.17, 15) is 18.0 Å². The number of anilines is 2. The van der Waals surface area contributed by atoms with Gasteiger partial charge in [0.15, 0.2) is 17.2 Å². The molecule has 1 aromatic heterocycles. The number of carbonyl (C=O) groups excluding carboxylic acids is 1. The summed E-state index contributed by atoms with van der Waals surface area (Å²) in [5, 5.41) is 12.4. The number of carboxylic acid groups (broad SMARTS) is 1. The van der Waals surface area contributed by atoms with Crippen LogP contribution in [-0.4, -0.2) is 60.1 Å². The molecule has 0 amide bonds. The molecule has 1 aliphatic rings. The Kier molecular flexibility index (Phi) is 10.1. The van der Waals surface area contributed by atoms with E-state index in [0.29, 0.717) is 34.5 Å². The number of aliphatic carboxylic acids is 1. The van der Waals surface area contributed by atoms with Gasteiger partial charge >= 0.3 is 11.9 Å². The molecular weight excluding hydrogens is 645 g/mol. The number of rotatable bonds is 10. The standard InChI is InChI=1S/C31H37ClFN3O7S2/c1-30(2,3)43-29(39)28-26(42-16-24(37)38)25(32)27(44-28)19-9-10-22(33)23(14-19)35-21-11-12-36(31(4,5)15-21)45(40,41)17-18-7-6-8-20(34)13-18/h6-10,13-14,21,35H,11-12,15-17,34H2,1-5H3,(H,37,38)/t21-/m1/s1. The normalized spacial score (nSPS) is 17.1. The lowest BCUT2D eigenvalue weighted by atomic mass is 9.89. The van der Waals surface area contributed by atoms with Crippen molar-refractivity contribution in [3.05, 3.63) is 63.7 Å². The van der Waals surface area contributed by atoms with E-state index in [1.807, 2.05) is 13.8 Å². The third-order valence-corrected chi connectivity index (χ3v) is 10.8. The molecule has 14 heteroatoms. The lowest BCUT2D eigenvalue weighted by Crippen LogP contribution is -2.55. The Labute approximate surface area is 271 Å². The number of esters is 1. The Hall–Kier alpha value is -3.39. The number of thiophene rings is 1. The third kappa shape index (κ3) is 8.46. The van der Waals surface area contributed by atoms with Gasteiger partial charge in [-0.1, -0.05) is 29.8 Å². The zero-order valence-corrected chi connectivity index (χ0v) is 28.0. The quantitative estimate of drug-likeness (QED) is 0.163. The van der Waals surface area contributed by atoms with E-state index in [1.54, 1.807) is 51.1 Å². The maximum Gasteiger partial charge on any atom is 0.352 e. The third-order valence-electron chi connectivity index (χ3n) is 7.06. The maximum absolute atomic E-state index is 15.1. The second-order valence-corrected chi connectivity index (χ2v) is 15.8. The second-order valence-electron chi connectivity index (χ2n) is 12.5. The SMILES string of the molecule is CC(C)(C)OC(=O)c1sc(-c2ccc(F)c(N[C@@H]3CCN(S(=O)(=O)Cc4cccc(N)c4)C(C)(C)C3)c2)c(Cl)c1OCC(=O)O. The van der Waals surface area contributed by atoms with Crippen LogP contribution in [0.4, 0.5) is 15.8 Å². The summed E-state index contributed by atoms with van der Waals surface area (Å²) in [6.45, 7) is 8.26. The summed E-state index contributed by atoms with van der Waals surface area (Å²) in [5.41, 5.74) is 5.96. The molecule has 4 N–H and O–H groups in total. The van der Waals surface area contributed by atoms with Crippen molar-refractivity contribution in [2.45, 2.75) is 70.4 Å². The number of hydrogen-bond acceptors (Lipinski definition) is 9. The van der Waals surface area contributed by atoms with Crippen LogP contribution in [0.1, 0.15) is 62.7 Å². The van der Waals surface area contributed by atoms with Gasteiger partial charge in [0.1, 0.15) is 16.4 Å². The molecule has 45 heavy (non-hydrogen) atoms. The lowest BCUT2D eigenvalue weighted by molar-refractivity contribution is -0.139. The van der Waals surface area contributed by atoms with Gasteiger partial charge in [0.05, 0.1) is 16.3 Å². The number of nitrogens with one attached hydrogen (secondary N) is 1. The first-order valence-corrected chi connectivity index (χ1v) is 17.0. The van der Waals surface area contributed by atoms with E-state index in [1.165, 1.54) is 16.4 Å². The highest BCUT2D eigenvalue weighted by Crippen LogP contribution is 2.47. The van der Waals surface area contributed by atoms with Crippen molar-refractivity contribution in [2.75, 3.05) is 24.2 Å². The fourth-order valence-electron chi connectivity index (χ4n) is 5.29. The molecule has 0 unspecified atom stereocenters. The molecule has 1 atom stereocenters. The van der Waals surface area contributed by atoms with Crippen LogP contribution >= 0.6 is 22.9 Å². The number of piperidine rings is 1. The number of nitrogens with two attached hydrogens (primary N) is 1. The number of nitrogens with zero attached hydrogens (tertiary/aromatic N) is 1. The van der Waals surface area contributed by atoms with Crippen LogP contribution < -0.4 is 15.8 Å². The molecule has 0 bridgehead atoms. The van der Waals surface area contributed by atoms with E-state index in [-0.39, 0.29) is 39.7 Å². The van der Waals surface area contributed by atoms with Gasteiger partial charge in [-0.3, -0.25) is 0 Å². The number of ether oxygens (including phenoxy) is 2. The number of halogens is 2. The highest BCUT2D eigenvalue weighted by molar-refractivity contribution is 7.88. The average molecular weight is 682 g/mol. The maximum atomic E-state index is 15.1. The summed E-state index contributed by atoms with van der Waals surface area (Å²) in [7, 11) is -3.67. The second kappa shape index (κ2) is 13.1. The average Bonchev–Trinajstić information content (AvgIpc) is 3.23. The number of benzene rings is 2. The van der Waals surface area contributed by atoms with Gasteiger partial charge in [0.2, 0.25) is 10.0 Å². The minimum absolute atomic E-state index is 0.000474. The monoisotopic (exact) mass is 681 g/mol. The molecule has 0 spiro atoms. The highest BCUT2D eigenvalue weighted by Gasteiger charge is 2.41. The number of sulfonamides is 1. The molecule has 10 nitrogen and oxygen atoms in total. The van der Waals surface area contributed by atoms with Gasteiger partial charge in [-0.2, -0.15) is 4.31 Å². The van der Waals surface area contributed by atoms with Gasteiger partial charge in [0, 0.05) is 23.8 Å². The van der Waals surface area contributed by atoms with E-state index >= 15 is 4.39 Å². The molecule has 4 rings (SSSR count). The van der Waals surface area contributed by atoms with Crippen LogP contribution in [0.3, 0.4) is 0 Å². The van der Waals surface area contributed by atoms with E-state index in [4.69, 9.17) is 31.9 Å². The van der Waals surface area contributed by atoms with Crippen molar-refractivity contribution < 1.29 is 37.0 Å². The van der Waals surface area contributed by atoms with Crippen molar-refractivity contribution in [1.82, 2.24) is 4.31 Å². The minimum atomic E-state index is -3.67. The molecule has 2 aromatic carbocycles. The van der Waals surface area contributed by atoms with Crippen LogP contribution in [0.15, 0.2) is 42.5 Å². The smallest absolute Gasteiger partial charge is 0.352 e. The molecule has 244 valence electrons. The Bertz CT molecular complexity index is 1700. The van der Waals surface area contributed by atoms with Crippen LogP contribution in [0.25, 0.3) is 10.4 Å². The zero-order chi connectivity index (χ0) is 33.3. The minimum Gasteiger partial charge on any atom is -0.479 e. The first-order valence-electron chi connectivity index (χ1n) is 14.2.